The van der Waals surface area contributed by atoms with Crippen molar-refractivity contribution in [3.8, 4) is 0 Å². The van der Waals surface area contributed by atoms with Crippen LogP contribution in [0.2, 0.25) is 0 Å². The number of hydrogen-bond donors (Lipinski definition) is 1. The topological polar surface area (TPSA) is 50.2 Å². The number of rotatable bonds is 5. The van der Waals surface area contributed by atoms with Crippen molar-refractivity contribution in [3.63, 3.8) is 0 Å². The normalized spacial score (nSPS) is 15.4. The smallest absolute Gasteiger partial charge is 0.433 e. The molecule has 0 unspecified atom stereocenters. The highest BCUT2D eigenvalue weighted by Crippen LogP contribution is 2.41. The second kappa shape index (κ2) is 5.98. The van der Waals surface area contributed by atoms with Crippen LogP contribution in [0.1, 0.15) is 52.1 Å². The standard InChI is InChI=1S/C13H11ClF5NO2/c14-4-7-6(3-5-1-2-5)8(12(21)22)9(11(15)16)20-10(7)13(17,18)19/h5,11H,1-4H2,(H,21,22). The Labute approximate surface area is 127 Å². The molecule has 122 valence electrons. The van der Waals surface area contributed by atoms with Crippen LogP contribution in [0, 0.1) is 5.92 Å². The first kappa shape index (κ1) is 16.9. The van der Waals surface area contributed by atoms with E-state index in [1.807, 2.05) is 0 Å². The summed E-state index contributed by atoms with van der Waals surface area (Å²) in [6, 6.07) is 0. The molecule has 1 aromatic rings. The lowest BCUT2D eigenvalue weighted by molar-refractivity contribution is -0.142. The lowest BCUT2D eigenvalue weighted by Gasteiger charge is -2.19. The predicted molar refractivity (Wildman–Crippen MR) is 67.1 cm³/mol. The number of nitrogens with zero attached hydrogens (tertiary/aromatic N) is 1. The lowest BCUT2D eigenvalue weighted by Crippen LogP contribution is -2.21. The zero-order chi connectivity index (χ0) is 16.7. The Hall–Kier alpha value is -1.44. The minimum Gasteiger partial charge on any atom is -0.478 e. The number of halogens is 6. The summed E-state index contributed by atoms with van der Waals surface area (Å²) in [7, 11) is 0. The second-order valence-corrected chi connectivity index (χ2v) is 5.33. The molecule has 1 fully saturated rings. The summed E-state index contributed by atoms with van der Waals surface area (Å²) in [5.74, 6) is -2.37. The third-order valence-corrected chi connectivity index (χ3v) is 3.72. The molecule has 0 atom stereocenters. The third-order valence-electron chi connectivity index (χ3n) is 3.45. The van der Waals surface area contributed by atoms with Gasteiger partial charge in [0.1, 0.15) is 11.4 Å². The Balaban J connectivity index is 2.77. The third kappa shape index (κ3) is 3.31. The Morgan fingerprint density at radius 2 is 1.91 bits per heavy atom. The van der Waals surface area contributed by atoms with Gasteiger partial charge >= 0.3 is 12.1 Å². The highest BCUT2D eigenvalue weighted by Gasteiger charge is 2.41. The highest BCUT2D eigenvalue weighted by atomic mass is 35.5. The molecule has 1 saturated carbocycles. The van der Waals surface area contributed by atoms with E-state index in [0.717, 1.165) is 0 Å². The summed E-state index contributed by atoms with van der Waals surface area (Å²) in [6.07, 6.45) is -6.99. The van der Waals surface area contributed by atoms with Crippen molar-refractivity contribution in [2.24, 2.45) is 5.92 Å². The monoisotopic (exact) mass is 343 g/mol. The van der Waals surface area contributed by atoms with Gasteiger partial charge in [0.25, 0.3) is 6.43 Å². The molecule has 1 N–H and O–H groups in total. The van der Waals surface area contributed by atoms with Crippen LogP contribution in [0.4, 0.5) is 22.0 Å². The van der Waals surface area contributed by atoms with E-state index >= 15 is 0 Å². The maximum absolute atomic E-state index is 13.0. The van der Waals surface area contributed by atoms with Gasteiger partial charge in [-0.15, -0.1) is 11.6 Å². The maximum Gasteiger partial charge on any atom is 0.433 e. The number of aromatic nitrogens is 1. The number of carbonyl (C=O) groups is 1. The number of carboxylic acids is 1. The quantitative estimate of drug-likeness (QED) is 0.635. The van der Waals surface area contributed by atoms with E-state index in [0.29, 0.717) is 12.8 Å². The van der Waals surface area contributed by atoms with Gasteiger partial charge in [-0.1, -0.05) is 0 Å². The van der Waals surface area contributed by atoms with Crippen molar-refractivity contribution in [2.45, 2.75) is 37.7 Å². The molecule has 1 aromatic heterocycles. The van der Waals surface area contributed by atoms with E-state index < -0.39 is 47.0 Å². The number of pyridine rings is 1. The minimum atomic E-state index is -4.98. The maximum atomic E-state index is 13.0. The zero-order valence-electron chi connectivity index (χ0n) is 11.1. The summed E-state index contributed by atoms with van der Waals surface area (Å²) in [4.78, 5) is 14.2. The average molecular weight is 344 g/mol. The van der Waals surface area contributed by atoms with Crippen molar-refractivity contribution < 1.29 is 31.9 Å². The fourth-order valence-electron chi connectivity index (χ4n) is 2.30. The van der Waals surface area contributed by atoms with E-state index in [1.165, 1.54) is 0 Å². The number of aromatic carboxylic acids is 1. The molecule has 3 nitrogen and oxygen atoms in total. The molecule has 0 spiro atoms. The first-order valence-electron chi connectivity index (χ1n) is 6.37. The van der Waals surface area contributed by atoms with Gasteiger partial charge in [-0.3, -0.25) is 0 Å². The van der Waals surface area contributed by atoms with Crippen LogP contribution in [0.25, 0.3) is 0 Å². The molecule has 0 aliphatic heterocycles. The molecule has 1 aliphatic rings. The van der Waals surface area contributed by atoms with Crippen LogP contribution >= 0.6 is 11.6 Å². The molecule has 0 bridgehead atoms. The van der Waals surface area contributed by atoms with Crippen LogP contribution in [0.15, 0.2) is 0 Å². The minimum absolute atomic E-state index is 0.00549. The van der Waals surface area contributed by atoms with Gasteiger partial charge in [0.15, 0.2) is 0 Å². The first-order chi connectivity index (χ1) is 10.2. The number of carboxylic acid groups (broad SMARTS) is 1. The summed E-state index contributed by atoms with van der Waals surface area (Å²) in [6.45, 7) is 0. The van der Waals surface area contributed by atoms with Gasteiger partial charge in [0, 0.05) is 11.4 Å². The van der Waals surface area contributed by atoms with E-state index in [9.17, 15) is 26.7 Å². The lowest BCUT2D eigenvalue weighted by atomic mass is 9.94. The van der Waals surface area contributed by atoms with Crippen molar-refractivity contribution in [1.29, 1.82) is 0 Å². The summed E-state index contributed by atoms with van der Waals surface area (Å²) < 4.78 is 65.1. The first-order valence-corrected chi connectivity index (χ1v) is 6.90. The van der Waals surface area contributed by atoms with E-state index in [4.69, 9.17) is 16.7 Å². The molecule has 22 heavy (non-hydrogen) atoms. The van der Waals surface area contributed by atoms with Crippen molar-refractivity contribution >= 4 is 17.6 Å². The van der Waals surface area contributed by atoms with Crippen molar-refractivity contribution in [2.75, 3.05) is 0 Å². The zero-order valence-corrected chi connectivity index (χ0v) is 11.8. The molecule has 1 heterocycles. The molecule has 1 aliphatic carbocycles. The average Bonchev–Trinajstić information content (AvgIpc) is 3.19. The molecule has 0 radical (unpaired) electrons. The Morgan fingerprint density at radius 3 is 2.27 bits per heavy atom. The van der Waals surface area contributed by atoms with Crippen LogP contribution < -0.4 is 0 Å². The molecule has 9 heteroatoms. The largest absolute Gasteiger partial charge is 0.478 e. The molecule has 0 amide bonds. The van der Waals surface area contributed by atoms with Gasteiger partial charge in [0.2, 0.25) is 0 Å². The van der Waals surface area contributed by atoms with Gasteiger partial charge in [0.05, 0.1) is 5.56 Å². The van der Waals surface area contributed by atoms with E-state index in [-0.39, 0.29) is 17.9 Å². The highest BCUT2D eigenvalue weighted by molar-refractivity contribution is 6.17. The van der Waals surface area contributed by atoms with Gasteiger partial charge < -0.3 is 5.11 Å². The van der Waals surface area contributed by atoms with Crippen molar-refractivity contribution in [1.82, 2.24) is 4.98 Å². The van der Waals surface area contributed by atoms with E-state index in [1.54, 1.807) is 0 Å². The fraction of sp³-hybridized carbons (Fsp3) is 0.538. The van der Waals surface area contributed by atoms with Gasteiger partial charge in [-0.2, -0.15) is 13.2 Å². The number of hydrogen-bond acceptors (Lipinski definition) is 2. The molecule has 2 rings (SSSR count). The van der Waals surface area contributed by atoms with Gasteiger partial charge in [-0.25, -0.2) is 18.6 Å². The van der Waals surface area contributed by atoms with Crippen LogP contribution in [0.3, 0.4) is 0 Å². The van der Waals surface area contributed by atoms with Crippen LogP contribution in [-0.4, -0.2) is 16.1 Å². The number of alkyl halides is 6. The van der Waals surface area contributed by atoms with Gasteiger partial charge in [-0.05, 0) is 30.7 Å². The SMILES string of the molecule is O=C(O)c1c(C(F)F)nc(C(F)(F)F)c(CCl)c1CC1CC1. The molecule has 0 aromatic carbocycles. The second-order valence-electron chi connectivity index (χ2n) is 5.06. The summed E-state index contributed by atoms with van der Waals surface area (Å²) >= 11 is 5.54. The Kier molecular flexibility index (Phi) is 4.60. The van der Waals surface area contributed by atoms with Crippen molar-refractivity contribution in [3.05, 3.63) is 28.1 Å². The van der Waals surface area contributed by atoms with Crippen LogP contribution in [0.5, 0.6) is 0 Å². The Morgan fingerprint density at radius 1 is 1.32 bits per heavy atom. The predicted octanol–water partition coefficient (Wildman–Crippen LogP) is 4.43. The summed E-state index contributed by atoms with van der Waals surface area (Å²) in [5.41, 5.74) is -4.54. The molecule has 0 saturated heterocycles. The molecular weight excluding hydrogens is 333 g/mol. The Bertz CT molecular complexity index is 599. The fourth-order valence-corrected chi connectivity index (χ4v) is 2.59. The summed E-state index contributed by atoms with van der Waals surface area (Å²) in [5, 5.41) is 9.14. The van der Waals surface area contributed by atoms with Crippen LogP contribution in [-0.2, 0) is 18.5 Å². The molecular formula is C13H11ClF5NO2. The van der Waals surface area contributed by atoms with E-state index in [2.05, 4.69) is 4.98 Å².